The predicted molar refractivity (Wildman–Crippen MR) is 112 cm³/mol. The van der Waals surface area contributed by atoms with Gasteiger partial charge in [0.15, 0.2) is 17.3 Å². The Balaban J connectivity index is 1.37. The summed E-state index contributed by atoms with van der Waals surface area (Å²) in [7, 11) is 0. The molecule has 6 heteroatoms. The van der Waals surface area contributed by atoms with Crippen molar-refractivity contribution in [1.29, 1.82) is 0 Å². The summed E-state index contributed by atoms with van der Waals surface area (Å²) in [5.74, 6) is 0.816. The van der Waals surface area contributed by atoms with E-state index in [9.17, 15) is 9.59 Å². The van der Waals surface area contributed by atoms with E-state index in [1.54, 1.807) is 31.2 Å². The summed E-state index contributed by atoms with van der Waals surface area (Å²) in [6, 6.07) is 12.1. The highest BCUT2D eigenvalue weighted by molar-refractivity contribution is 5.98. The summed E-state index contributed by atoms with van der Waals surface area (Å²) in [4.78, 5) is 23.9. The number of benzene rings is 2. The smallest absolute Gasteiger partial charge is 0.251 e. The fraction of sp³-hybridized carbons (Fsp3) is 0.391. The van der Waals surface area contributed by atoms with E-state index in [-0.39, 0.29) is 11.7 Å². The number of rotatable bonds is 5. The van der Waals surface area contributed by atoms with Crippen molar-refractivity contribution < 1.29 is 19.1 Å². The van der Waals surface area contributed by atoms with Gasteiger partial charge in [0.1, 0.15) is 6.04 Å². The lowest BCUT2D eigenvalue weighted by atomic mass is 9.94. The lowest BCUT2D eigenvalue weighted by Gasteiger charge is -2.31. The highest BCUT2D eigenvalue weighted by atomic mass is 16.7. The van der Waals surface area contributed by atoms with Crippen LogP contribution in [0.2, 0.25) is 0 Å². The van der Waals surface area contributed by atoms with E-state index in [1.807, 2.05) is 18.2 Å². The van der Waals surface area contributed by atoms with Gasteiger partial charge < -0.3 is 20.1 Å². The molecule has 0 bridgehead atoms. The number of hydrogen-bond donors (Lipinski definition) is 2. The molecule has 0 unspecified atom stereocenters. The molecule has 2 aromatic carbocycles. The Morgan fingerprint density at radius 3 is 2.28 bits per heavy atom. The van der Waals surface area contributed by atoms with Gasteiger partial charge in [0.25, 0.3) is 5.79 Å². The first-order valence-electron chi connectivity index (χ1n) is 10.1. The molecule has 1 heterocycles. The van der Waals surface area contributed by atoms with Crippen molar-refractivity contribution >= 4 is 23.1 Å². The van der Waals surface area contributed by atoms with Gasteiger partial charge in [0.2, 0.25) is 5.91 Å². The largest absolute Gasteiger partial charge is 0.448 e. The number of anilines is 2. The number of carbonyl (C=O) groups is 2. The number of hydrogen-bond acceptors (Lipinski definition) is 5. The van der Waals surface area contributed by atoms with Crippen molar-refractivity contribution in [3.63, 3.8) is 0 Å². The summed E-state index contributed by atoms with van der Waals surface area (Å²) >= 11 is 0. The normalized spacial score (nSPS) is 17.6. The van der Waals surface area contributed by atoms with Gasteiger partial charge in [-0.3, -0.25) is 9.59 Å². The number of fused-ring (bicyclic) bond motifs is 1. The molecule has 1 amide bonds. The van der Waals surface area contributed by atoms with Crippen LogP contribution >= 0.6 is 0 Å². The molecule has 2 N–H and O–H groups in total. The van der Waals surface area contributed by atoms with Gasteiger partial charge in [0.05, 0.1) is 0 Å². The molecule has 6 nitrogen and oxygen atoms in total. The molecule has 2 aliphatic rings. The van der Waals surface area contributed by atoms with E-state index in [0.29, 0.717) is 11.3 Å². The lowest BCUT2D eigenvalue weighted by Crippen LogP contribution is -2.40. The van der Waals surface area contributed by atoms with Crippen LogP contribution in [-0.2, 0) is 4.79 Å². The zero-order valence-electron chi connectivity index (χ0n) is 16.8. The van der Waals surface area contributed by atoms with Crippen LogP contribution in [0.1, 0.15) is 56.3 Å². The second-order valence-corrected chi connectivity index (χ2v) is 7.83. The van der Waals surface area contributed by atoms with Crippen LogP contribution in [0.5, 0.6) is 11.5 Å². The molecule has 0 aromatic heterocycles. The van der Waals surface area contributed by atoms with Gasteiger partial charge in [-0.25, -0.2) is 0 Å². The number of amides is 1. The maximum Gasteiger partial charge on any atom is 0.251 e. The van der Waals surface area contributed by atoms with Crippen LogP contribution in [0.3, 0.4) is 0 Å². The Hall–Kier alpha value is -3.02. The molecule has 1 aliphatic heterocycles. The fourth-order valence-corrected chi connectivity index (χ4v) is 3.83. The molecule has 0 saturated heterocycles. The van der Waals surface area contributed by atoms with Crippen LogP contribution in [0.15, 0.2) is 42.5 Å². The Bertz CT molecular complexity index is 917. The number of Topliss-reactive ketones (excluding diaryl/α,β-unsaturated/α-hetero) is 1. The summed E-state index contributed by atoms with van der Waals surface area (Å²) in [6.07, 6.45) is 5.27. The van der Waals surface area contributed by atoms with Gasteiger partial charge >= 0.3 is 0 Å². The monoisotopic (exact) mass is 394 g/mol. The van der Waals surface area contributed by atoms with Crippen molar-refractivity contribution in [1.82, 2.24) is 0 Å². The number of carbonyl (C=O) groups excluding carboxylic acids is 2. The third-order valence-electron chi connectivity index (χ3n) is 5.49. The van der Waals surface area contributed by atoms with E-state index >= 15 is 0 Å². The van der Waals surface area contributed by atoms with Gasteiger partial charge in [0, 0.05) is 35.8 Å². The van der Waals surface area contributed by atoms with Crippen molar-refractivity contribution in [2.45, 2.75) is 57.8 Å². The third-order valence-corrected chi connectivity index (χ3v) is 5.49. The first-order chi connectivity index (χ1) is 13.9. The third kappa shape index (κ3) is 4.21. The Morgan fingerprint density at radius 2 is 1.59 bits per heavy atom. The summed E-state index contributed by atoms with van der Waals surface area (Å²) in [5, 5.41) is 6.07. The summed E-state index contributed by atoms with van der Waals surface area (Å²) in [5.41, 5.74) is 2.07. The molecule has 1 atom stereocenters. The van der Waals surface area contributed by atoms with Crippen LogP contribution in [0, 0.1) is 0 Å². The molecule has 0 radical (unpaired) electrons. The number of ketones is 1. The molecular formula is C23H26N2O4. The van der Waals surface area contributed by atoms with E-state index in [1.165, 1.54) is 13.3 Å². The van der Waals surface area contributed by atoms with E-state index in [4.69, 9.17) is 9.47 Å². The topological polar surface area (TPSA) is 76.7 Å². The van der Waals surface area contributed by atoms with Crippen LogP contribution in [-0.4, -0.2) is 23.5 Å². The minimum Gasteiger partial charge on any atom is -0.448 e. The average molecular weight is 394 g/mol. The van der Waals surface area contributed by atoms with Crippen molar-refractivity contribution in [3.8, 4) is 11.5 Å². The minimum atomic E-state index is -0.506. The van der Waals surface area contributed by atoms with Crippen LogP contribution < -0.4 is 20.1 Å². The highest BCUT2D eigenvalue weighted by Gasteiger charge is 2.42. The van der Waals surface area contributed by atoms with Gasteiger partial charge in [-0.05, 0) is 63.1 Å². The lowest BCUT2D eigenvalue weighted by molar-refractivity contribution is -0.116. The van der Waals surface area contributed by atoms with Gasteiger partial charge in [-0.15, -0.1) is 0 Å². The molecule has 1 fully saturated rings. The zero-order valence-corrected chi connectivity index (χ0v) is 16.8. The zero-order chi connectivity index (χ0) is 20.4. The first kappa shape index (κ1) is 19.3. The van der Waals surface area contributed by atoms with Crippen LogP contribution in [0.25, 0.3) is 0 Å². The van der Waals surface area contributed by atoms with E-state index < -0.39 is 11.8 Å². The second kappa shape index (κ2) is 7.78. The first-order valence-corrected chi connectivity index (χ1v) is 10.1. The van der Waals surface area contributed by atoms with Gasteiger partial charge in [-0.2, -0.15) is 0 Å². The SMILES string of the molecule is CC(=O)c1ccc(NC(=O)[C@@H](C)Nc2ccc3c(c2)OC2(CCCCC2)O3)cc1. The standard InChI is InChI=1S/C23H26N2O4/c1-15(22(27)25-18-8-6-17(7-9-18)16(2)26)24-19-10-11-20-21(14-19)29-23(28-20)12-4-3-5-13-23/h6-11,14-15,24H,3-5,12-13H2,1-2H3,(H,25,27)/t15-/m1/s1. The average Bonchev–Trinajstić information content (AvgIpc) is 3.05. The maximum atomic E-state index is 12.5. The van der Waals surface area contributed by atoms with E-state index in [0.717, 1.165) is 42.9 Å². The second-order valence-electron chi connectivity index (χ2n) is 7.83. The Labute approximate surface area is 170 Å². The van der Waals surface area contributed by atoms with Crippen molar-refractivity contribution in [2.75, 3.05) is 10.6 Å². The molecular weight excluding hydrogens is 368 g/mol. The number of ether oxygens (including phenoxy) is 2. The summed E-state index contributed by atoms with van der Waals surface area (Å²) in [6.45, 7) is 3.31. The molecule has 29 heavy (non-hydrogen) atoms. The molecule has 1 aliphatic carbocycles. The molecule has 2 aromatic rings. The highest BCUT2D eigenvalue weighted by Crippen LogP contribution is 2.46. The predicted octanol–water partition coefficient (Wildman–Crippen LogP) is 4.76. The molecule has 1 saturated carbocycles. The quantitative estimate of drug-likeness (QED) is 0.715. The van der Waals surface area contributed by atoms with Crippen molar-refractivity contribution in [2.24, 2.45) is 0 Å². The molecule has 1 spiro atoms. The summed E-state index contributed by atoms with van der Waals surface area (Å²) < 4.78 is 12.2. The Kier molecular flexibility index (Phi) is 5.18. The molecule has 4 rings (SSSR count). The number of nitrogens with one attached hydrogen (secondary N) is 2. The van der Waals surface area contributed by atoms with Crippen molar-refractivity contribution in [3.05, 3.63) is 48.0 Å². The maximum absolute atomic E-state index is 12.5. The fourth-order valence-electron chi connectivity index (χ4n) is 3.83. The Morgan fingerprint density at radius 1 is 0.931 bits per heavy atom. The van der Waals surface area contributed by atoms with Gasteiger partial charge in [-0.1, -0.05) is 6.42 Å². The minimum absolute atomic E-state index is 0.00396. The molecule has 152 valence electrons. The van der Waals surface area contributed by atoms with Crippen LogP contribution in [0.4, 0.5) is 11.4 Å². The van der Waals surface area contributed by atoms with E-state index in [2.05, 4.69) is 10.6 Å².